The van der Waals surface area contributed by atoms with Crippen LogP contribution in [-0.2, 0) is 0 Å². The average molecular weight is 268 g/mol. The first-order valence-electron chi connectivity index (χ1n) is 5.45. The summed E-state index contributed by atoms with van der Waals surface area (Å²) in [4.78, 5) is 15.5. The Balaban J connectivity index is 2.01. The monoisotopic (exact) mass is 268 g/mol. The second-order valence-corrected chi connectivity index (χ2v) is 3.70. The third kappa shape index (κ3) is 2.05. The summed E-state index contributed by atoms with van der Waals surface area (Å²) in [5.74, 6) is 0.391. The fraction of sp³-hybridized carbons (Fsp3) is 0. The highest BCUT2D eigenvalue weighted by molar-refractivity contribution is 5.67. The minimum Gasteiger partial charge on any atom is -0.396 e. The highest BCUT2D eigenvalue weighted by Gasteiger charge is 2.12. The fourth-order valence-electron chi connectivity index (χ4n) is 1.47. The number of aromatic nitrogens is 8. The molecule has 0 amide bonds. The largest absolute Gasteiger partial charge is 0.396 e. The molecule has 0 radical (unpaired) electrons. The van der Waals surface area contributed by atoms with Crippen molar-refractivity contribution in [2.75, 3.05) is 11.5 Å². The molecule has 3 aromatic rings. The van der Waals surface area contributed by atoms with Gasteiger partial charge in [-0.1, -0.05) is 0 Å². The van der Waals surface area contributed by atoms with Crippen LogP contribution in [0.25, 0.3) is 23.0 Å². The second-order valence-electron chi connectivity index (χ2n) is 3.70. The lowest BCUT2D eigenvalue weighted by molar-refractivity contribution is 0.863. The Morgan fingerprint density at radius 1 is 0.650 bits per heavy atom. The molecule has 98 valence electrons. The SMILES string of the molecule is Nc1cncnc1-c1nnc(-c2ncncc2N)nn1. The van der Waals surface area contributed by atoms with Gasteiger partial charge in [-0.2, -0.15) is 0 Å². The van der Waals surface area contributed by atoms with Crippen LogP contribution in [0.3, 0.4) is 0 Å². The third-order valence-corrected chi connectivity index (χ3v) is 2.38. The molecule has 0 bridgehead atoms. The zero-order valence-corrected chi connectivity index (χ0v) is 10.0. The molecule has 3 rings (SSSR count). The summed E-state index contributed by atoms with van der Waals surface area (Å²) in [5, 5.41) is 15.7. The van der Waals surface area contributed by atoms with Gasteiger partial charge in [-0.05, 0) is 0 Å². The number of nitrogen functional groups attached to an aromatic ring is 2. The van der Waals surface area contributed by atoms with E-state index >= 15 is 0 Å². The van der Waals surface area contributed by atoms with Gasteiger partial charge in [-0.3, -0.25) is 0 Å². The van der Waals surface area contributed by atoms with Gasteiger partial charge in [0.2, 0.25) is 11.6 Å². The Morgan fingerprint density at radius 2 is 1.05 bits per heavy atom. The van der Waals surface area contributed by atoms with Crippen molar-refractivity contribution >= 4 is 11.4 Å². The molecule has 0 saturated heterocycles. The predicted octanol–water partition coefficient (Wildman–Crippen LogP) is -0.655. The van der Waals surface area contributed by atoms with Gasteiger partial charge in [0, 0.05) is 0 Å². The molecule has 0 unspecified atom stereocenters. The third-order valence-electron chi connectivity index (χ3n) is 2.38. The molecule has 3 heterocycles. The molecule has 0 aromatic carbocycles. The van der Waals surface area contributed by atoms with Gasteiger partial charge in [-0.15, -0.1) is 20.4 Å². The summed E-state index contributed by atoms with van der Waals surface area (Å²) in [7, 11) is 0. The minimum absolute atomic E-state index is 0.196. The second kappa shape index (κ2) is 4.76. The van der Waals surface area contributed by atoms with Crippen molar-refractivity contribution in [2.45, 2.75) is 0 Å². The van der Waals surface area contributed by atoms with E-state index < -0.39 is 0 Å². The number of hydrogen-bond donors (Lipinski definition) is 2. The average Bonchev–Trinajstić information content (AvgIpc) is 2.49. The summed E-state index contributed by atoms with van der Waals surface area (Å²) in [6.45, 7) is 0. The van der Waals surface area contributed by atoms with Crippen LogP contribution < -0.4 is 11.5 Å². The van der Waals surface area contributed by atoms with Crippen LogP contribution >= 0.6 is 0 Å². The topological polar surface area (TPSA) is 155 Å². The normalized spacial score (nSPS) is 10.4. The number of hydrogen-bond acceptors (Lipinski definition) is 10. The summed E-state index contributed by atoms with van der Waals surface area (Å²) >= 11 is 0. The Morgan fingerprint density at radius 3 is 1.40 bits per heavy atom. The van der Waals surface area contributed by atoms with Gasteiger partial charge in [-0.25, -0.2) is 19.9 Å². The van der Waals surface area contributed by atoms with E-state index in [1.165, 1.54) is 25.0 Å². The molecular formula is C10H8N10. The first-order chi connectivity index (χ1) is 9.75. The van der Waals surface area contributed by atoms with E-state index in [0.29, 0.717) is 22.8 Å². The number of nitrogens with two attached hydrogens (primary N) is 2. The van der Waals surface area contributed by atoms with Gasteiger partial charge in [0.25, 0.3) is 0 Å². The predicted molar refractivity (Wildman–Crippen MR) is 68.5 cm³/mol. The maximum Gasteiger partial charge on any atom is 0.224 e. The Kier molecular flexibility index (Phi) is 2.80. The fourth-order valence-corrected chi connectivity index (χ4v) is 1.47. The van der Waals surface area contributed by atoms with E-state index in [9.17, 15) is 0 Å². The van der Waals surface area contributed by atoms with E-state index in [1.54, 1.807) is 0 Å². The van der Waals surface area contributed by atoms with Crippen molar-refractivity contribution in [2.24, 2.45) is 0 Å². The van der Waals surface area contributed by atoms with Crippen LogP contribution in [0, 0.1) is 0 Å². The van der Waals surface area contributed by atoms with Crippen LogP contribution in [0.2, 0.25) is 0 Å². The zero-order chi connectivity index (χ0) is 13.9. The van der Waals surface area contributed by atoms with E-state index in [0.717, 1.165) is 0 Å². The van der Waals surface area contributed by atoms with E-state index in [4.69, 9.17) is 11.5 Å². The summed E-state index contributed by atoms with van der Waals surface area (Å²) in [6, 6.07) is 0. The van der Waals surface area contributed by atoms with Crippen molar-refractivity contribution in [3.63, 3.8) is 0 Å². The van der Waals surface area contributed by atoms with Crippen LogP contribution in [0.5, 0.6) is 0 Å². The van der Waals surface area contributed by atoms with Gasteiger partial charge < -0.3 is 11.5 Å². The maximum absolute atomic E-state index is 5.72. The van der Waals surface area contributed by atoms with Crippen LogP contribution in [0.15, 0.2) is 25.0 Å². The highest BCUT2D eigenvalue weighted by Crippen LogP contribution is 2.19. The smallest absolute Gasteiger partial charge is 0.224 e. The van der Waals surface area contributed by atoms with Gasteiger partial charge in [0.15, 0.2) is 0 Å². The zero-order valence-electron chi connectivity index (χ0n) is 10.0. The molecule has 20 heavy (non-hydrogen) atoms. The standard InChI is InChI=1S/C10H8N10/c11-5-1-13-3-15-7(5)9-17-19-10(20-18-9)8-6(12)2-14-4-16-8/h1-4H,11-12H2. The molecule has 0 aliphatic heterocycles. The summed E-state index contributed by atoms with van der Waals surface area (Å²) in [6.07, 6.45) is 5.57. The lowest BCUT2D eigenvalue weighted by atomic mass is 10.3. The number of rotatable bonds is 2. The molecule has 0 aliphatic carbocycles. The lowest BCUT2D eigenvalue weighted by Gasteiger charge is -2.02. The van der Waals surface area contributed by atoms with Crippen LogP contribution in [-0.4, -0.2) is 40.3 Å². The van der Waals surface area contributed by atoms with Crippen molar-refractivity contribution < 1.29 is 0 Å². The molecule has 0 atom stereocenters. The minimum atomic E-state index is 0.196. The van der Waals surface area contributed by atoms with E-state index in [1.807, 2.05) is 0 Å². The Bertz CT molecular complexity index is 677. The Labute approximate surface area is 112 Å². The van der Waals surface area contributed by atoms with E-state index in [2.05, 4.69) is 40.3 Å². The first-order valence-corrected chi connectivity index (χ1v) is 5.45. The van der Waals surface area contributed by atoms with Gasteiger partial charge in [0.05, 0.1) is 23.8 Å². The number of anilines is 2. The van der Waals surface area contributed by atoms with Crippen molar-refractivity contribution in [1.82, 2.24) is 40.3 Å². The molecule has 3 aromatic heterocycles. The lowest BCUT2D eigenvalue weighted by Crippen LogP contribution is -2.05. The van der Waals surface area contributed by atoms with Crippen LogP contribution in [0.1, 0.15) is 0 Å². The van der Waals surface area contributed by atoms with Crippen LogP contribution in [0.4, 0.5) is 11.4 Å². The maximum atomic E-state index is 5.72. The highest BCUT2D eigenvalue weighted by atomic mass is 15.3. The molecule has 0 saturated carbocycles. The van der Waals surface area contributed by atoms with Gasteiger partial charge in [0.1, 0.15) is 24.0 Å². The van der Waals surface area contributed by atoms with Gasteiger partial charge >= 0.3 is 0 Å². The Hall–Kier alpha value is -3.30. The molecule has 10 nitrogen and oxygen atoms in total. The first kappa shape index (κ1) is 11.8. The molecule has 0 aliphatic rings. The molecule has 10 heteroatoms. The van der Waals surface area contributed by atoms with Crippen molar-refractivity contribution in [1.29, 1.82) is 0 Å². The van der Waals surface area contributed by atoms with E-state index in [-0.39, 0.29) is 11.6 Å². The quantitative estimate of drug-likeness (QED) is 0.611. The van der Waals surface area contributed by atoms with Crippen molar-refractivity contribution in [3.8, 4) is 23.0 Å². The molecule has 0 fully saturated rings. The summed E-state index contributed by atoms with van der Waals surface area (Å²) < 4.78 is 0. The van der Waals surface area contributed by atoms with Crippen molar-refractivity contribution in [3.05, 3.63) is 25.0 Å². The summed E-state index contributed by atoms with van der Waals surface area (Å²) in [5.41, 5.74) is 12.9. The molecular weight excluding hydrogens is 260 g/mol. The molecule has 4 N–H and O–H groups in total. The number of nitrogens with zero attached hydrogens (tertiary/aromatic N) is 8. The molecule has 0 spiro atoms.